The molecule has 1 saturated carbocycles. The van der Waals surface area contributed by atoms with Crippen molar-refractivity contribution in [2.45, 2.75) is 51.5 Å². The van der Waals surface area contributed by atoms with Crippen LogP contribution in [-0.2, 0) is 4.79 Å². The highest BCUT2D eigenvalue weighted by Gasteiger charge is 2.24. The third kappa shape index (κ3) is 5.20. The molecule has 1 rings (SSSR count). The molecule has 0 aliphatic heterocycles. The van der Waals surface area contributed by atoms with Crippen LogP contribution in [0.3, 0.4) is 0 Å². The Morgan fingerprint density at radius 3 is 2.42 bits per heavy atom. The summed E-state index contributed by atoms with van der Waals surface area (Å²) in [6.45, 7) is 3.28. The van der Waals surface area contributed by atoms with E-state index in [4.69, 9.17) is 5.26 Å². The van der Waals surface area contributed by atoms with Crippen LogP contribution in [0.5, 0.6) is 0 Å². The summed E-state index contributed by atoms with van der Waals surface area (Å²) in [6, 6.07) is 2.63. The highest BCUT2D eigenvalue weighted by Crippen LogP contribution is 2.28. The van der Waals surface area contributed by atoms with Gasteiger partial charge in [0.1, 0.15) is 0 Å². The summed E-state index contributed by atoms with van der Waals surface area (Å²) in [4.78, 5) is 15.9. The van der Waals surface area contributed by atoms with Crippen molar-refractivity contribution in [3.05, 3.63) is 0 Å². The van der Waals surface area contributed by atoms with Crippen LogP contribution in [0.15, 0.2) is 0 Å². The van der Waals surface area contributed by atoms with Crippen molar-refractivity contribution in [3.8, 4) is 6.07 Å². The van der Waals surface area contributed by atoms with Gasteiger partial charge in [0, 0.05) is 19.6 Å². The molecule has 1 aliphatic rings. The van der Waals surface area contributed by atoms with Crippen molar-refractivity contribution in [2.75, 3.05) is 27.2 Å². The molecule has 0 saturated heterocycles. The predicted molar refractivity (Wildman–Crippen MR) is 76.5 cm³/mol. The maximum Gasteiger partial charge on any atom is 0.236 e. The molecule has 0 heterocycles. The monoisotopic (exact) mass is 265 g/mol. The number of carbonyl (C=O) groups excluding carboxylic acids is 1. The van der Waals surface area contributed by atoms with E-state index < -0.39 is 0 Å². The minimum atomic E-state index is 0.121. The molecular formula is C15H27N3O. The smallest absolute Gasteiger partial charge is 0.236 e. The summed E-state index contributed by atoms with van der Waals surface area (Å²) in [5, 5.41) is 8.53. The zero-order chi connectivity index (χ0) is 14.3. The Hall–Kier alpha value is -1.08. The first-order valence-electron chi connectivity index (χ1n) is 7.39. The molecule has 0 aromatic heterocycles. The molecule has 0 bridgehead atoms. The van der Waals surface area contributed by atoms with Crippen molar-refractivity contribution in [1.29, 1.82) is 5.26 Å². The van der Waals surface area contributed by atoms with Gasteiger partial charge < -0.3 is 4.90 Å². The lowest BCUT2D eigenvalue weighted by molar-refractivity contribution is -0.131. The lowest BCUT2D eigenvalue weighted by Gasteiger charge is -2.34. The summed E-state index contributed by atoms with van der Waals surface area (Å²) in [6.07, 6.45) is 6.71. The van der Waals surface area contributed by atoms with E-state index in [-0.39, 0.29) is 5.91 Å². The normalized spacial score (nSPS) is 23.1. The molecule has 0 aromatic rings. The van der Waals surface area contributed by atoms with Crippen molar-refractivity contribution < 1.29 is 4.79 Å². The topological polar surface area (TPSA) is 47.3 Å². The van der Waals surface area contributed by atoms with Gasteiger partial charge in [-0.2, -0.15) is 5.26 Å². The third-order valence-corrected chi connectivity index (χ3v) is 4.39. The van der Waals surface area contributed by atoms with Crippen LogP contribution in [0.4, 0.5) is 0 Å². The van der Waals surface area contributed by atoms with Gasteiger partial charge in [-0.05, 0) is 38.6 Å². The summed E-state index contributed by atoms with van der Waals surface area (Å²) in [5.74, 6) is 1.01. The van der Waals surface area contributed by atoms with Crippen molar-refractivity contribution in [3.63, 3.8) is 0 Å². The molecule has 0 aromatic carbocycles. The van der Waals surface area contributed by atoms with E-state index in [2.05, 4.69) is 17.9 Å². The van der Waals surface area contributed by atoms with Gasteiger partial charge in [0.05, 0.1) is 19.0 Å². The number of nitrogens with zero attached hydrogens (tertiary/aromatic N) is 3. The number of amides is 1. The van der Waals surface area contributed by atoms with Crippen LogP contribution in [0.2, 0.25) is 0 Å². The van der Waals surface area contributed by atoms with Gasteiger partial charge >= 0.3 is 0 Å². The summed E-state index contributed by atoms with van der Waals surface area (Å²) < 4.78 is 0. The minimum Gasteiger partial charge on any atom is -0.344 e. The quantitative estimate of drug-likeness (QED) is 0.740. The summed E-state index contributed by atoms with van der Waals surface area (Å²) in [7, 11) is 3.83. The van der Waals surface area contributed by atoms with Gasteiger partial charge in [-0.25, -0.2) is 0 Å². The summed E-state index contributed by atoms with van der Waals surface area (Å²) in [5.41, 5.74) is 0. The molecule has 19 heavy (non-hydrogen) atoms. The molecule has 0 unspecified atom stereocenters. The van der Waals surface area contributed by atoms with E-state index in [0.29, 0.717) is 25.6 Å². The Morgan fingerprint density at radius 1 is 1.26 bits per heavy atom. The first kappa shape index (κ1) is 16.0. The molecular weight excluding hydrogens is 238 g/mol. The SMILES string of the molecule is CCC1CCC(N(C)CC(=O)N(C)CCC#N)CC1. The van der Waals surface area contributed by atoms with E-state index in [9.17, 15) is 4.79 Å². The average molecular weight is 265 g/mol. The van der Waals surface area contributed by atoms with Crippen LogP contribution < -0.4 is 0 Å². The molecule has 0 radical (unpaired) electrons. The second-order valence-electron chi connectivity index (χ2n) is 5.72. The van der Waals surface area contributed by atoms with E-state index >= 15 is 0 Å². The van der Waals surface area contributed by atoms with Gasteiger partial charge in [-0.1, -0.05) is 13.3 Å². The fourth-order valence-corrected chi connectivity index (χ4v) is 2.80. The molecule has 1 aliphatic carbocycles. The van der Waals surface area contributed by atoms with Crippen LogP contribution in [0, 0.1) is 17.2 Å². The van der Waals surface area contributed by atoms with E-state index in [0.717, 1.165) is 5.92 Å². The van der Waals surface area contributed by atoms with E-state index in [1.54, 1.807) is 11.9 Å². The maximum absolute atomic E-state index is 12.0. The highest BCUT2D eigenvalue weighted by atomic mass is 16.2. The van der Waals surface area contributed by atoms with Gasteiger partial charge in [-0.15, -0.1) is 0 Å². The number of carbonyl (C=O) groups is 1. The molecule has 1 amide bonds. The summed E-state index contributed by atoms with van der Waals surface area (Å²) >= 11 is 0. The minimum absolute atomic E-state index is 0.121. The zero-order valence-corrected chi connectivity index (χ0v) is 12.6. The Bertz CT molecular complexity index is 316. The predicted octanol–water partition coefficient (Wildman–Crippen LogP) is 2.26. The fourth-order valence-electron chi connectivity index (χ4n) is 2.80. The number of hydrogen-bond acceptors (Lipinski definition) is 3. The van der Waals surface area contributed by atoms with E-state index in [1.165, 1.54) is 32.1 Å². The number of likely N-dealkylation sites (N-methyl/N-ethyl adjacent to an activating group) is 2. The van der Waals surface area contributed by atoms with Crippen molar-refractivity contribution in [1.82, 2.24) is 9.80 Å². The zero-order valence-electron chi connectivity index (χ0n) is 12.6. The molecule has 0 spiro atoms. The Kier molecular flexibility index (Phi) is 6.86. The third-order valence-electron chi connectivity index (χ3n) is 4.39. The van der Waals surface area contributed by atoms with Crippen LogP contribution in [0.1, 0.15) is 45.4 Å². The molecule has 108 valence electrons. The number of rotatable bonds is 6. The van der Waals surface area contributed by atoms with Crippen LogP contribution in [0.25, 0.3) is 0 Å². The largest absolute Gasteiger partial charge is 0.344 e. The average Bonchev–Trinajstić information content (AvgIpc) is 2.44. The lowest BCUT2D eigenvalue weighted by atomic mass is 9.84. The number of hydrogen-bond donors (Lipinski definition) is 0. The van der Waals surface area contributed by atoms with Gasteiger partial charge in [0.2, 0.25) is 5.91 Å². The number of nitriles is 1. The van der Waals surface area contributed by atoms with Gasteiger partial charge in [-0.3, -0.25) is 9.69 Å². The molecule has 0 atom stereocenters. The Labute approximate surface area is 117 Å². The van der Waals surface area contributed by atoms with Crippen molar-refractivity contribution >= 4 is 5.91 Å². The second kappa shape index (κ2) is 8.16. The molecule has 4 heteroatoms. The van der Waals surface area contributed by atoms with E-state index in [1.807, 2.05) is 7.05 Å². The van der Waals surface area contributed by atoms with Gasteiger partial charge in [0.15, 0.2) is 0 Å². The van der Waals surface area contributed by atoms with Crippen molar-refractivity contribution in [2.24, 2.45) is 5.92 Å². The first-order chi connectivity index (χ1) is 9.08. The Balaban J connectivity index is 2.32. The Morgan fingerprint density at radius 2 is 1.89 bits per heavy atom. The maximum atomic E-state index is 12.0. The lowest BCUT2D eigenvalue weighted by Crippen LogP contribution is -2.42. The molecule has 1 fully saturated rings. The molecule has 4 nitrogen and oxygen atoms in total. The molecule has 0 N–H and O–H groups in total. The second-order valence-corrected chi connectivity index (χ2v) is 5.72. The van der Waals surface area contributed by atoms with Crippen LogP contribution >= 0.6 is 0 Å². The van der Waals surface area contributed by atoms with Crippen LogP contribution in [-0.4, -0.2) is 48.9 Å². The fraction of sp³-hybridized carbons (Fsp3) is 0.867. The standard InChI is InChI=1S/C15H27N3O/c1-4-13-6-8-14(9-7-13)18(3)12-15(19)17(2)11-5-10-16/h13-14H,4-9,11-12H2,1-3H3. The first-order valence-corrected chi connectivity index (χ1v) is 7.39. The van der Waals surface area contributed by atoms with Gasteiger partial charge in [0.25, 0.3) is 0 Å². The highest BCUT2D eigenvalue weighted by molar-refractivity contribution is 5.78.